The Bertz CT molecular complexity index is 1730. The zero-order valence-electron chi connectivity index (χ0n) is 21.6. The van der Waals surface area contributed by atoms with Crippen LogP contribution in [0.5, 0.6) is 0 Å². The summed E-state index contributed by atoms with van der Waals surface area (Å²) >= 11 is 0. The Balaban J connectivity index is 1.52. The fraction of sp³-hybridized carbons (Fsp3) is 0.276. The molecule has 0 bridgehead atoms. The Morgan fingerprint density at radius 1 is 0.974 bits per heavy atom. The van der Waals surface area contributed by atoms with Crippen LogP contribution < -0.4 is 11.2 Å². The highest BCUT2D eigenvalue weighted by molar-refractivity contribution is 5.82. The first-order chi connectivity index (χ1) is 18.6. The van der Waals surface area contributed by atoms with Crippen LogP contribution in [0.15, 0.2) is 82.6 Å². The molecule has 0 radical (unpaired) electrons. The monoisotopic (exact) mass is 535 g/mol. The molecular formula is C29H28F3N5O2. The maximum absolute atomic E-state index is 13.4. The van der Waals surface area contributed by atoms with E-state index in [1.54, 1.807) is 22.9 Å². The van der Waals surface area contributed by atoms with Gasteiger partial charge in [-0.1, -0.05) is 62.4 Å². The highest BCUT2D eigenvalue weighted by Gasteiger charge is 2.33. The van der Waals surface area contributed by atoms with E-state index in [0.29, 0.717) is 35.3 Å². The van der Waals surface area contributed by atoms with Crippen LogP contribution in [0.1, 0.15) is 30.5 Å². The van der Waals surface area contributed by atoms with Crippen molar-refractivity contribution in [2.45, 2.75) is 46.1 Å². The van der Waals surface area contributed by atoms with E-state index in [-0.39, 0.29) is 30.3 Å². The number of nitrogens with one attached hydrogen (secondary N) is 1. The first-order valence-corrected chi connectivity index (χ1v) is 12.7. The molecule has 0 saturated carbocycles. The molecular weight excluding hydrogens is 507 g/mol. The number of halogens is 3. The van der Waals surface area contributed by atoms with Gasteiger partial charge >= 0.3 is 11.9 Å². The molecule has 0 fully saturated rings. The predicted molar refractivity (Wildman–Crippen MR) is 144 cm³/mol. The summed E-state index contributed by atoms with van der Waals surface area (Å²) in [6.07, 6.45) is -0.788. The number of aromatic nitrogens is 5. The Labute approximate surface area is 222 Å². The summed E-state index contributed by atoms with van der Waals surface area (Å²) in [5, 5.41) is 4.25. The molecule has 0 amide bonds. The summed E-state index contributed by atoms with van der Waals surface area (Å²) < 4.78 is 44.6. The number of aryl methyl sites for hydroxylation is 1. The molecule has 0 unspecified atom stereocenters. The van der Waals surface area contributed by atoms with Gasteiger partial charge in [-0.3, -0.25) is 18.6 Å². The molecule has 0 atom stereocenters. The Kier molecular flexibility index (Phi) is 7.03. The van der Waals surface area contributed by atoms with Crippen molar-refractivity contribution >= 4 is 11.0 Å². The van der Waals surface area contributed by atoms with E-state index >= 15 is 0 Å². The molecule has 2 aromatic carbocycles. The van der Waals surface area contributed by atoms with Crippen LogP contribution in [-0.2, 0) is 32.2 Å². The standard InChI is InChI=1S/C29H28F3N5O2/c1-19(2)16-37-25-14-24(22-15-33-35(18-22)17-21-10-6-7-11-23(21)29(30,31)32)34-26(25)27(38)36(28(37)39)13-12-20-8-4-3-5-9-20/h3-11,14-15,18-19,34H,12-13,16-17H2,1-2H3. The number of alkyl halides is 3. The quantitative estimate of drug-likeness (QED) is 0.292. The van der Waals surface area contributed by atoms with Gasteiger partial charge in [0.2, 0.25) is 0 Å². The molecule has 10 heteroatoms. The van der Waals surface area contributed by atoms with Crippen molar-refractivity contribution in [2.24, 2.45) is 5.92 Å². The van der Waals surface area contributed by atoms with E-state index in [1.165, 1.54) is 27.6 Å². The number of aromatic amines is 1. The topological polar surface area (TPSA) is 77.6 Å². The molecule has 7 nitrogen and oxygen atoms in total. The van der Waals surface area contributed by atoms with Gasteiger partial charge in [-0.05, 0) is 35.6 Å². The number of fused-ring (bicyclic) bond motifs is 1. The molecule has 202 valence electrons. The van der Waals surface area contributed by atoms with Gasteiger partial charge in [-0.25, -0.2) is 4.79 Å². The van der Waals surface area contributed by atoms with E-state index in [0.717, 1.165) is 11.6 Å². The second-order valence-electron chi connectivity index (χ2n) is 10.0. The molecule has 0 saturated heterocycles. The van der Waals surface area contributed by atoms with E-state index < -0.39 is 17.3 Å². The van der Waals surface area contributed by atoms with Crippen molar-refractivity contribution in [3.05, 3.63) is 111 Å². The summed E-state index contributed by atoms with van der Waals surface area (Å²) in [5.74, 6) is 0.153. The minimum Gasteiger partial charge on any atom is -0.349 e. The molecule has 0 aliphatic rings. The fourth-order valence-electron chi connectivity index (χ4n) is 4.77. The summed E-state index contributed by atoms with van der Waals surface area (Å²) in [5.41, 5.74) is 1.56. The summed E-state index contributed by atoms with van der Waals surface area (Å²) in [4.78, 5) is 30.0. The van der Waals surface area contributed by atoms with Crippen molar-refractivity contribution in [3.8, 4) is 11.3 Å². The van der Waals surface area contributed by atoms with Gasteiger partial charge < -0.3 is 4.98 Å². The second kappa shape index (κ2) is 10.4. The third kappa shape index (κ3) is 5.45. The van der Waals surface area contributed by atoms with E-state index in [2.05, 4.69) is 10.1 Å². The van der Waals surface area contributed by atoms with E-state index in [4.69, 9.17) is 0 Å². The highest BCUT2D eigenvalue weighted by Crippen LogP contribution is 2.32. The van der Waals surface area contributed by atoms with Gasteiger partial charge in [0.05, 0.1) is 29.5 Å². The molecule has 0 aliphatic carbocycles. The van der Waals surface area contributed by atoms with Crippen LogP contribution in [0.25, 0.3) is 22.3 Å². The van der Waals surface area contributed by atoms with Crippen molar-refractivity contribution < 1.29 is 13.2 Å². The fourth-order valence-corrected chi connectivity index (χ4v) is 4.77. The third-order valence-electron chi connectivity index (χ3n) is 6.62. The van der Waals surface area contributed by atoms with Crippen LogP contribution in [0.3, 0.4) is 0 Å². The first-order valence-electron chi connectivity index (χ1n) is 12.7. The Morgan fingerprint density at radius 2 is 1.69 bits per heavy atom. The van der Waals surface area contributed by atoms with Crippen molar-refractivity contribution in [1.82, 2.24) is 23.9 Å². The van der Waals surface area contributed by atoms with Crippen LogP contribution in [0, 0.1) is 5.92 Å². The van der Waals surface area contributed by atoms with Crippen LogP contribution in [-0.4, -0.2) is 23.9 Å². The lowest BCUT2D eigenvalue weighted by Crippen LogP contribution is -2.41. The summed E-state index contributed by atoms with van der Waals surface area (Å²) in [7, 11) is 0. The van der Waals surface area contributed by atoms with Gasteiger partial charge in [0.1, 0.15) is 5.52 Å². The third-order valence-corrected chi connectivity index (χ3v) is 6.62. The normalized spacial score (nSPS) is 12.1. The average Bonchev–Trinajstić information content (AvgIpc) is 3.54. The second-order valence-corrected chi connectivity index (χ2v) is 10.0. The minimum atomic E-state index is -4.47. The molecule has 1 N–H and O–H groups in total. The van der Waals surface area contributed by atoms with E-state index in [9.17, 15) is 22.8 Å². The zero-order valence-corrected chi connectivity index (χ0v) is 21.6. The summed E-state index contributed by atoms with van der Waals surface area (Å²) in [6.45, 7) is 4.58. The van der Waals surface area contributed by atoms with Gasteiger partial charge in [-0.15, -0.1) is 0 Å². The van der Waals surface area contributed by atoms with Crippen LogP contribution in [0.4, 0.5) is 13.2 Å². The zero-order chi connectivity index (χ0) is 27.7. The maximum atomic E-state index is 13.4. The SMILES string of the molecule is CC(C)Cn1c(=O)n(CCc2ccccc2)c(=O)c2[nH]c(-c3cnn(Cc4ccccc4C(F)(F)F)c3)cc21. The molecule has 0 aliphatic heterocycles. The molecule has 5 aromatic rings. The Hall–Kier alpha value is -4.34. The minimum absolute atomic E-state index is 0.0692. The van der Waals surface area contributed by atoms with Gasteiger partial charge in [0.25, 0.3) is 5.56 Å². The molecule has 39 heavy (non-hydrogen) atoms. The van der Waals surface area contributed by atoms with Crippen LogP contribution in [0.2, 0.25) is 0 Å². The largest absolute Gasteiger partial charge is 0.416 e. The molecule has 3 heterocycles. The maximum Gasteiger partial charge on any atom is 0.416 e. The van der Waals surface area contributed by atoms with E-state index in [1.807, 2.05) is 44.2 Å². The molecule has 3 aromatic heterocycles. The number of hydrogen-bond donors (Lipinski definition) is 1. The lowest BCUT2D eigenvalue weighted by atomic mass is 10.1. The van der Waals surface area contributed by atoms with Crippen molar-refractivity contribution in [3.63, 3.8) is 0 Å². The van der Waals surface area contributed by atoms with Crippen molar-refractivity contribution in [2.75, 3.05) is 0 Å². The number of benzene rings is 2. The van der Waals surface area contributed by atoms with Gasteiger partial charge in [0.15, 0.2) is 0 Å². The lowest BCUT2D eigenvalue weighted by molar-refractivity contribution is -0.138. The average molecular weight is 536 g/mol. The predicted octanol–water partition coefficient (Wildman–Crippen LogP) is 5.32. The van der Waals surface area contributed by atoms with Gasteiger partial charge in [-0.2, -0.15) is 18.3 Å². The first kappa shape index (κ1) is 26.3. The van der Waals surface area contributed by atoms with Crippen molar-refractivity contribution in [1.29, 1.82) is 0 Å². The molecule has 5 rings (SSSR count). The molecule has 0 spiro atoms. The number of nitrogens with zero attached hydrogens (tertiary/aromatic N) is 4. The highest BCUT2D eigenvalue weighted by atomic mass is 19.4. The Morgan fingerprint density at radius 3 is 2.41 bits per heavy atom. The number of rotatable bonds is 8. The number of hydrogen-bond acceptors (Lipinski definition) is 3. The van der Waals surface area contributed by atoms with Crippen LogP contribution >= 0.6 is 0 Å². The number of H-pyrrole nitrogens is 1. The smallest absolute Gasteiger partial charge is 0.349 e. The van der Waals surface area contributed by atoms with Gasteiger partial charge in [0, 0.05) is 24.8 Å². The summed E-state index contributed by atoms with van der Waals surface area (Å²) in [6, 6.07) is 16.8. The lowest BCUT2D eigenvalue weighted by Gasteiger charge is -2.13.